The first-order valence-corrected chi connectivity index (χ1v) is 10.5. The third kappa shape index (κ3) is 4.91. The van der Waals surface area contributed by atoms with Gasteiger partial charge in [0.15, 0.2) is 0 Å². The summed E-state index contributed by atoms with van der Waals surface area (Å²) >= 11 is 0. The molecule has 0 unspecified atom stereocenters. The molecule has 1 atom stereocenters. The average Bonchev–Trinajstić information content (AvgIpc) is 2.66. The number of rotatable bonds is 6. The monoisotopic (exact) mass is 398 g/mol. The summed E-state index contributed by atoms with van der Waals surface area (Å²) in [7, 11) is -0.808. The molecule has 8 nitrogen and oxygen atoms in total. The van der Waals surface area contributed by atoms with Crippen molar-refractivity contribution in [2.75, 3.05) is 37.9 Å². The highest BCUT2D eigenvalue weighted by Gasteiger charge is 2.35. The fourth-order valence-corrected chi connectivity index (χ4v) is 4.47. The van der Waals surface area contributed by atoms with E-state index in [-0.39, 0.29) is 17.8 Å². The van der Waals surface area contributed by atoms with Gasteiger partial charge in [-0.2, -0.15) is 0 Å². The van der Waals surface area contributed by atoms with Crippen LogP contribution in [0.25, 0.3) is 0 Å². The van der Waals surface area contributed by atoms with Gasteiger partial charge in [-0.15, -0.1) is 0 Å². The fraction of sp³-hybridized carbons (Fsp3) is 0.556. The normalized spacial score (nSPS) is 16.5. The molecule has 1 amide bonds. The van der Waals surface area contributed by atoms with Gasteiger partial charge in [-0.25, -0.2) is 8.42 Å². The molecule has 150 valence electrons. The van der Waals surface area contributed by atoms with Gasteiger partial charge in [-0.1, -0.05) is 0 Å². The van der Waals surface area contributed by atoms with Crippen LogP contribution in [0.15, 0.2) is 24.3 Å². The summed E-state index contributed by atoms with van der Waals surface area (Å²) in [5, 5.41) is 0. The van der Waals surface area contributed by atoms with Crippen LogP contribution in [0.1, 0.15) is 19.8 Å². The second-order valence-corrected chi connectivity index (χ2v) is 8.41. The topological polar surface area (TPSA) is 93.2 Å². The Balaban J connectivity index is 2.17. The molecule has 1 aliphatic rings. The number of carbonyl (C=O) groups is 2. The van der Waals surface area contributed by atoms with Crippen molar-refractivity contribution in [3.05, 3.63) is 24.3 Å². The van der Waals surface area contributed by atoms with Crippen molar-refractivity contribution in [2.24, 2.45) is 5.92 Å². The first kappa shape index (κ1) is 21.0. The average molecular weight is 398 g/mol. The van der Waals surface area contributed by atoms with Gasteiger partial charge < -0.3 is 14.4 Å². The Morgan fingerprint density at radius 3 is 2.15 bits per heavy atom. The van der Waals surface area contributed by atoms with Gasteiger partial charge in [0.25, 0.3) is 0 Å². The molecule has 0 bridgehead atoms. The Hall–Kier alpha value is -2.29. The summed E-state index contributed by atoms with van der Waals surface area (Å²) in [4.78, 5) is 26.1. The predicted molar refractivity (Wildman–Crippen MR) is 101 cm³/mol. The Morgan fingerprint density at radius 2 is 1.70 bits per heavy atom. The number of carbonyl (C=O) groups excluding carboxylic acids is 2. The number of nitrogens with zero attached hydrogens (tertiary/aromatic N) is 2. The molecule has 0 saturated carbocycles. The van der Waals surface area contributed by atoms with E-state index in [1.807, 2.05) is 0 Å². The van der Waals surface area contributed by atoms with Crippen molar-refractivity contribution in [2.45, 2.75) is 25.8 Å². The van der Waals surface area contributed by atoms with Crippen LogP contribution < -0.4 is 9.04 Å². The minimum atomic E-state index is -3.68. The number of hydrogen-bond acceptors (Lipinski definition) is 6. The lowest BCUT2D eigenvalue weighted by Gasteiger charge is -2.36. The summed E-state index contributed by atoms with van der Waals surface area (Å²) < 4.78 is 35.7. The highest BCUT2D eigenvalue weighted by atomic mass is 32.2. The molecule has 2 rings (SSSR count). The number of benzene rings is 1. The Labute approximate surface area is 160 Å². The first-order valence-electron chi connectivity index (χ1n) is 8.69. The van der Waals surface area contributed by atoms with E-state index in [0.29, 0.717) is 37.4 Å². The molecule has 0 aliphatic carbocycles. The van der Waals surface area contributed by atoms with Crippen molar-refractivity contribution >= 4 is 27.6 Å². The molecular weight excluding hydrogens is 372 g/mol. The van der Waals surface area contributed by atoms with E-state index < -0.39 is 16.1 Å². The van der Waals surface area contributed by atoms with Crippen LogP contribution in [-0.2, 0) is 24.3 Å². The smallest absolute Gasteiger partial charge is 0.308 e. The molecule has 1 saturated heterocycles. The van der Waals surface area contributed by atoms with Crippen LogP contribution >= 0.6 is 0 Å². The molecule has 1 aromatic rings. The van der Waals surface area contributed by atoms with E-state index in [9.17, 15) is 18.0 Å². The molecule has 0 N–H and O–H groups in total. The van der Waals surface area contributed by atoms with Gasteiger partial charge >= 0.3 is 5.97 Å². The second-order valence-electron chi connectivity index (χ2n) is 6.56. The number of anilines is 1. The van der Waals surface area contributed by atoms with E-state index in [1.165, 1.54) is 14.2 Å². The number of piperidine rings is 1. The zero-order valence-electron chi connectivity index (χ0n) is 16.0. The van der Waals surface area contributed by atoms with Crippen LogP contribution in [0.2, 0.25) is 0 Å². The molecule has 1 aromatic carbocycles. The summed E-state index contributed by atoms with van der Waals surface area (Å²) in [5.41, 5.74) is 0.392. The van der Waals surface area contributed by atoms with Crippen LogP contribution in [0, 0.1) is 5.92 Å². The SMILES string of the molecule is COC(=O)C1CCN(C(=O)[C@H](C)N(c2ccc(OC)cc2)S(C)(=O)=O)CC1. The quantitative estimate of drug-likeness (QED) is 0.670. The molecule has 27 heavy (non-hydrogen) atoms. The maximum absolute atomic E-state index is 12.9. The van der Waals surface area contributed by atoms with Gasteiger partial charge in [-0.3, -0.25) is 13.9 Å². The molecule has 0 radical (unpaired) electrons. The summed E-state index contributed by atoms with van der Waals surface area (Å²) in [5.74, 6) is -0.191. The maximum atomic E-state index is 12.9. The summed E-state index contributed by atoms with van der Waals surface area (Å²) in [6.07, 6.45) is 2.09. The van der Waals surface area contributed by atoms with Crippen molar-refractivity contribution < 1.29 is 27.5 Å². The minimum Gasteiger partial charge on any atom is -0.497 e. The van der Waals surface area contributed by atoms with E-state index in [0.717, 1.165) is 10.6 Å². The third-order valence-corrected chi connectivity index (χ3v) is 5.98. The van der Waals surface area contributed by atoms with E-state index in [1.54, 1.807) is 36.1 Å². The van der Waals surface area contributed by atoms with Crippen LogP contribution in [0.4, 0.5) is 5.69 Å². The van der Waals surface area contributed by atoms with Gasteiger partial charge in [0, 0.05) is 13.1 Å². The van der Waals surface area contributed by atoms with Crippen molar-refractivity contribution in [1.82, 2.24) is 4.90 Å². The largest absolute Gasteiger partial charge is 0.497 e. The molecular formula is C18H26N2O6S. The number of likely N-dealkylation sites (tertiary alicyclic amines) is 1. The lowest BCUT2D eigenvalue weighted by Crippen LogP contribution is -2.51. The van der Waals surface area contributed by atoms with Crippen molar-refractivity contribution in [1.29, 1.82) is 0 Å². The summed E-state index contributed by atoms with van der Waals surface area (Å²) in [6.45, 7) is 2.35. The van der Waals surface area contributed by atoms with Gasteiger partial charge in [0.2, 0.25) is 15.9 Å². The second kappa shape index (κ2) is 8.60. The molecule has 9 heteroatoms. The van der Waals surface area contributed by atoms with E-state index in [4.69, 9.17) is 9.47 Å². The molecule has 0 spiro atoms. The lowest BCUT2D eigenvalue weighted by molar-refractivity contribution is -0.149. The number of sulfonamides is 1. The predicted octanol–water partition coefficient (Wildman–Crippen LogP) is 1.26. The molecule has 0 aromatic heterocycles. The summed E-state index contributed by atoms with van der Waals surface area (Å²) in [6, 6.07) is 5.60. The number of esters is 1. The van der Waals surface area contributed by atoms with E-state index >= 15 is 0 Å². The van der Waals surface area contributed by atoms with Crippen LogP contribution in [0.5, 0.6) is 5.75 Å². The first-order chi connectivity index (χ1) is 12.7. The number of hydrogen-bond donors (Lipinski definition) is 0. The molecule has 1 fully saturated rings. The van der Waals surface area contributed by atoms with Crippen LogP contribution in [-0.4, -0.2) is 64.8 Å². The third-order valence-electron chi connectivity index (χ3n) is 4.73. The fourth-order valence-electron chi connectivity index (χ4n) is 3.30. The van der Waals surface area contributed by atoms with Gasteiger partial charge in [-0.05, 0) is 44.0 Å². The highest BCUT2D eigenvalue weighted by Crippen LogP contribution is 2.26. The Bertz CT molecular complexity index is 770. The highest BCUT2D eigenvalue weighted by molar-refractivity contribution is 7.92. The number of methoxy groups -OCH3 is 2. The zero-order valence-corrected chi connectivity index (χ0v) is 16.9. The Morgan fingerprint density at radius 1 is 1.15 bits per heavy atom. The standard InChI is InChI=1S/C18H26N2O6S/c1-13(17(21)19-11-9-14(10-12-19)18(22)26-3)20(27(4,23)24)15-5-7-16(25-2)8-6-15/h5-8,13-14H,9-12H2,1-4H3/t13-/m0/s1. The minimum absolute atomic E-state index is 0.220. The maximum Gasteiger partial charge on any atom is 0.308 e. The van der Waals surface area contributed by atoms with E-state index in [2.05, 4.69) is 0 Å². The Kier molecular flexibility index (Phi) is 6.69. The van der Waals surface area contributed by atoms with Crippen LogP contribution in [0.3, 0.4) is 0 Å². The molecule has 1 heterocycles. The molecule has 1 aliphatic heterocycles. The zero-order chi connectivity index (χ0) is 20.2. The van der Waals surface area contributed by atoms with Gasteiger partial charge in [0.05, 0.1) is 32.1 Å². The number of amides is 1. The van der Waals surface area contributed by atoms with Crippen molar-refractivity contribution in [3.63, 3.8) is 0 Å². The lowest BCUT2D eigenvalue weighted by atomic mass is 9.96. The number of ether oxygens (including phenoxy) is 2. The van der Waals surface area contributed by atoms with Crippen molar-refractivity contribution in [3.8, 4) is 5.75 Å². The van der Waals surface area contributed by atoms with Gasteiger partial charge in [0.1, 0.15) is 11.8 Å².